The molecule has 0 unspecified atom stereocenters. The first-order valence-corrected chi connectivity index (χ1v) is 9.51. The molecule has 0 amide bonds. The van der Waals surface area contributed by atoms with Crippen LogP contribution in [0.3, 0.4) is 0 Å². The van der Waals surface area contributed by atoms with Gasteiger partial charge in [-0.1, -0.05) is 55.5 Å². The molecule has 0 radical (unpaired) electrons. The summed E-state index contributed by atoms with van der Waals surface area (Å²) in [5.74, 6) is 1.76. The summed E-state index contributed by atoms with van der Waals surface area (Å²) < 4.78 is 6.63. The quantitative estimate of drug-likeness (QED) is 0.474. The van der Waals surface area contributed by atoms with E-state index in [1.807, 2.05) is 0 Å². The minimum atomic E-state index is 0.153. The summed E-state index contributed by atoms with van der Waals surface area (Å²) >= 11 is 3.75. The molecule has 2 heteroatoms. The Morgan fingerprint density at radius 3 is 2.05 bits per heavy atom. The van der Waals surface area contributed by atoms with Crippen LogP contribution in [-0.2, 0) is 4.74 Å². The molecule has 2 rings (SSSR count). The lowest BCUT2D eigenvalue weighted by molar-refractivity contribution is -0.110. The van der Waals surface area contributed by atoms with Gasteiger partial charge >= 0.3 is 0 Å². The Morgan fingerprint density at radius 1 is 1.00 bits per heavy atom. The molecular formula is C17H31BrO. The molecule has 0 N–H and O–H groups in total. The van der Waals surface area contributed by atoms with Gasteiger partial charge in [-0.15, -0.1) is 0 Å². The average molecular weight is 331 g/mol. The van der Waals surface area contributed by atoms with Crippen molar-refractivity contribution in [2.24, 2.45) is 11.8 Å². The third kappa shape index (κ3) is 4.46. The van der Waals surface area contributed by atoms with E-state index < -0.39 is 0 Å². The summed E-state index contributed by atoms with van der Waals surface area (Å²) in [4.78, 5) is 0. The number of rotatable bonds is 4. The highest BCUT2D eigenvalue weighted by Crippen LogP contribution is 2.41. The van der Waals surface area contributed by atoms with Gasteiger partial charge in [0.2, 0.25) is 0 Å². The molecule has 2 saturated carbocycles. The second-order valence-corrected chi connectivity index (χ2v) is 7.69. The average Bonchev–Trinajstić information content (AvgIpc) is 2.68. The van der Waals surface area contributed by atoms with Crippen molar-refractivity contribution in [2.45, 2.75) is 89.8 Å². The molecule has 112 valence electrons. The normalized spacial score (nSPS) is 34.4. The van der Waals surface area contributed by atoms with E-state index in [9.17, 15) is 0 Å². The molecule has 0 heterocycles. The van der Waals surface area contributed by atoms with E-state index in [1.54, 1.807) is 0 Å². The van der Waals surface area contributed by atoms with Crippen LogP contribution in [0.25, 0.3) is 0 Å². The lowest BCUT2D eigenvalue weighted by Crippen LogP contribution is -2.42. The van der Waals surface area contributed by atoms with E-state index in [0.29, 0.717) is 6.10 Å². The molecule has 0 saturated heterocycles. The Hall–Kier alpha value is 0.440. The van der Waals surface area contributed by atoms with Gasteiger partial charge in [0.05, 0.1) is 11.7 Å². The second-order valence-electron chi connectivity index (χ2n) is 7.13. The van der Waals surface area contributed by atoms with Gasteiger partial charge in [-0.2, -0.15) is 0 Å². The van der Waals surface area contributed by atoms with E-state index >= 15 is 0 Å². The first kappa shape index (κ1) is 15.8. The first-order valence-electron chi connectivity index (χ1n) is 8.39. The van der Waals surface area contributed by atoms with Gasteiger partial charge < -0.3 is 4.74 Å². The Morgan fingerprint density at radius 2 is 1.58 bits per heavy atom. The zero-order valence-electron chi connectivity index (χ0n) is 12.8. The van der Waals surface area contributed by atoms with Crippen LogP contribution in [0.15, 0.2) is 0 Å². The topological polar surface area (TPSA) is 9.23 Å². The zero-order valence-corrected chi connectivity index (χ0v) is 14.4. The fraction of sp³-hybridized carbons (Fsp3) is 1.00. The number of hydrogen-bond donors (Lipinski definition) is 0. The van der Waals surface area contributed by atoms with Crippen LogP contribution in [0.5, 0.6) is 0 Å². The van der Waals surface area contributed by atoms with Crippen LogP contribution in [0, 0.1) is 11.8 Å². The van der Waals surface area contributed by atoms with E-state index in [1.165, 1.54) is 64.2 Å². The van der Waals surface area contributed by atoms with Crippen molar-refractivity contribution >= 4 is 15.9 Å². The smallest absolute Gasteiger partial charge is 0.0782 e. The fourth-order valence-electron chi connectivity index (χ4n) is 3.83. The molecule has 0 atom stereocenters. The van der Waals surface area contributed by atoms with Gasteiger partial charge in [0.25, 0.3) is 0 Å². The SMILES string of the molecule is CC(C)C1CCC(CBr)(OC2CCCCCC2)CC1. The van der Waals surface area contributed by atoms with Crippen LogP contribution in [0.2, 0.25) is 0 Å². The van der Waals surface area contributed by atoms with E-state index in [4.69, 9.17) is 4.74 Å². The van der Waals surface area contributed by atoms with Crippen LogP contribution in [0.1, 0.15) is 78.1 Å². The minimum Gasteiger partial charge on any atom is -0.371 e. The molecule has 0 aromatic rings. The molecule has 19 heavy (non-hydrogen) atoms. The molecule has 0 aromatic heterocycles. The van der Waals surface area contributed by atoms with Crippen LogP contribution in [0.4, 0.5) is 0 Å². The van der Waals surface area contributed by atoms with E-state index in [0.717, 1.165) is 17.2 Å². The highest BCUT2D eigenvalue weighted by Gasteiger charge is 2.38. The van der Waals surface area contributed by atoms with E-state index in [2.05, 4.69) is 29.8 Å². The molecule has 2 fully saturated rings. The summed E-state index contributed by atoms with van der Waals surface area (Å²) in [6.45, 7) is 4.75. The van der Waals surface area contributed by atoms with Gasteiger partial charge in [-0.25, -0.2) is 0 Å². The minimum absolute atomic E-state index is 0.153. The highest BCUT2D eigenvalue weighted by atomic mass is 79.9. The number of hydrogen-bond acceptors (Lipinski definition) is 1. The van der Waals surface area contributed by atoms with Crippen LogP contribution >= 0.6 is 15.9 Å². The second kappa shape index (κ2) is 7.45. The third-order valence-corrected chi connectivity index (χ3v) is 6.37. The third-order valence-electron chi connectivity index (χ3n) is 5.35. The van der Waals surface area contributed by atoms with Crippen molar-refractivity contribution in [2.75, 3.05) is 5.33 Å². The Kier molecular flexibility index (Phi) is 6.20. The standard InChI is InChI=1S/C17H31BrO/c1-14(2)15-9-11-17(13-18,12-10-15)19-16-7-5-3-4-6-8-16/h14-16H,3-13H2,1-2H3. The predicted molar refractivity (Wildman–Crippen MR) is 85.9 cm³/mol. The zero-order chi connectivity index (χ0) is 13.7. The van der Waals surface area contributed by atoms with Gasteiger partial charge in [0.1, 0.15) is 0 Å². The van der Waals surface area contributed by atoms with Gasteiger partial charge in [0.15, 0.2) is 0 Å². The lowest BCUT2D eigenvalue weighted by atomic mass is 9.75. The monoisotopic (exact) mass is 330 g/mol. The molecule has 2 aliphatic carbocycles. The largest absolute Gasteiger partial charge is 0.371 e. The molecule has 0 bridgehead atoms. The summed E-state index contributed by atoms with van der Waals surface area (Å²) in [5, 5.41) is 1.03. The molecule has 2 aliphatic rings. The summed E-state index contributed by atoms with van der Waals surface area (Å²) in [6, 6.07) is 0. The van der Waals surface area contributed by atoms with Crippen molar-refractivity contribution in [3.63, 3.8) is 0 Å². The highest BCUT2D eigenvalue weighted by molar-refractivity contribution is 9.09. The van der Waals surface area contributed by atoms with Crippen molar-refractivity contribution in [1.82, 2.24) is 0 Å². The molecule has 0 spiro atoms. The van der Waals surface area contributed by atoms with Crippen LogP contribution in [-0.4, -0.2) is 17.0 Å². The number of halogens is 1. The Balaban J connectivity index is 1.88. The maximum absolute atomic E-state index is 6.63. The van der Waals surface area contributed by atoms with Crippen molar-refractivity contribution in [3.8, 4) is 0 Å². The van der Waals surface area contributed by atoms with Crippen molar-refractivity contribution < 1.29 is 4.74 Å². The van der Waals surface area contributed by atoms with Crippen molar-refractivity contribution in [1.29, 1.82) is 0 Å². The first-order chi connectivity index (χ1) is 9.15. The number of ether oxygens (including phenoxy) is 1. The fourth-order valence-corrected chi connectivity index (χ4v) is 4.52. The Bertz CT molecular complexity index is 248. The van der Waals surface area contributed by atoms with E-state index in [-0.39, 0.29) is 5.60 Å². The molecule has 0 aliphatic heterocycles. The Labute approximate surface area is 128 Å². The maximum Gasteiger partial charge on any atom is 0.0782 e. The van der Waals surface area contributed by atoms with Gasteiger partial charge in [-0.05, 0) is 50.4 Å². The maximum atomic E-state index is 6.63. The van der Waals surface area contributed by atoms with Gasteiger partial charge in [-0.3, -0.25) is 0 Å². The van der Waals surface area contributed by atoms with Crippen LogP contribution < -0.4 is 0 Å². The lowest BCUT2D eigenvalue weighted by Gasteiger charge is -2.42. The molecular weight excluding hydrogens is 300 g/mol. The molecule has 0 aromatic carbocycles. The van der Waals surface area contributed by atoms with Gasteiger partial charge in [0, 0.05) is 5.33 Å². The summed E-state index contributed by atoms with van der Waals surface area (Å²) in [5.41, 5.74) is 0.153. The molecule has 1 nitrogen and oxygen atoms in total. The summed E-state index contributed by atoms with van der Waals surface area (Å²) in [6.07, 6.45) is 13.9. The predicted octanol–water partition coefficient (Wildman–Crippen LogP) is 5.71. The number of alkyl halides is 1. The van der Waals surface area contributed by atoms with Crippen molar-refractivity contribution in [3.05, 3.63) is 0 Å². The summed E-state index contributed by atoms with van der Waals surface area (Å²) in [7, 11) is 0.